The second-order valence-electron chi connectivity index (χ2n) is 4.75. The van der Waals surface area contributed by atoms with Gasteiger partial charge in [-0.15, -0.1) is 0 Å². The number of nitrogens with zero attached hydrogens (tertiary/aromatic N) is 1. The first-order valence-electron chi connectivity index (χ1n) is 6.08. The van der Waals surface area contributed by atoms with E-state index >= 15 is 0 Å². The van der Waals surface area contributed by atoms with E-state index in [1.165, 1.54) is 0 Å². The largest absolute Gasteiger partial charge is 0.464 e. The summed E-state index contributed by atoms with van der Waals surface area (Å²) in [5.41, 5.74) is 0. The highest BCUT2D eigenvalue weighted by molar-refractivity contribution is 5.77. The molecule has 2 amide bonds. The van der Waals surface area contributed by atoms with Crippen LogP contribution >= 0.6 is 0 Å². The van der Waals surface area contributed by atoms with Crippen molar-refractivity contribution in [2.45, 2.75) is 25.4 Å². The maximum Gasteiger partial charge on any atom is 0.318 e. The van der Waals surface area contributed by atoms with Gasteiger partial charge < -0.3 is 20.0 Å². The number of aryl methyl sites for hydroxylation is 1. The standard InChI is InChI=1S/C12H17N3O2/c1-8-2-3-11(17-8)10-7-15(12(16)14-10)9-4-5-13-6-9/h2-3,9-10,13H,4-7H2,1H3,(H,14,16). The molecule has 0 radical (unpaired) electrons. The highest BCUT2D eigenvalue weighted by atomic mass is 16.3. The minimum absolute atomic E-state index is 0.00296. The van der Waals surface area contributed by atoms with Gasteiger partial charge in [-0.3, -0.25) is 0 Å². The second kappa shape index (κ2) is 4.07. The first kappa shape index (κ1) is 10.7. The molecule has 0 saturated carbocycles. The van der Waals surface area contributed by atoms with Crippen LogP contribution in [0.1, 0.15) is 24.0 Å². The number of rotatable bonds is 2. The Kier molecular flexibility index (Phi) is 2.55. The molecule has 0 aliphatic carbocycles. The quantitative estimate of drug-likeness (QED) is 0.804. The molecule has 5 heteroatoms. The van der Waals surface area contributed by atoms with E-state index in [4.69, 9.17) is 4.42 Å². The molecule has 5 nitrogen and oxygen atoms in total. The summed E-state index contributed by atoms with van der Waals surface area (Å²) in [4.78, 5) is 13.8. The van der Waals surface area contributed by atoms with Crippen molar-refractivity contribution < 1.29 is 9.21 Å². The Morgan fingerprint density at radius 2 is 2.35 bits per heavy atom. The predicted octanol–water partition coefficient (Wildman–Crippen LogP) is 1.02. The number of carbonyl (C=O) groups excluding carboxylic acids is 1. The molecular formula is C12H17N3O2. The van der Waals surface area contributed by atoms with Crippen LogP contribution in [0.3, 0.4) is 0 Å². The van der Waals surface area contributed by atoms with Crippen LogP contribution in [0.5, 0.6) is 0 Å². The lowest BCUT2D eigenvalue weighted by Gasteiger charge is -2.21. The summed E-state index contributed by atoms with van der Waals surface area (Å²) in [6, 6.07) is 4.23. The van der Waals surface area contributed by atoms with Crippen LogP contribution in [0, 0.1) is 6.92 Å². The SMILES string of the molecule is Cc1ccc(C2CN(C3CCNC3)C(=O)N2)o1. The van der Waals surface area contributed by atoms with Gasteiger partial charge in [-0.25, -0.2) is 4.79 Å². The lowest BCUT2D eigenvalue weighted by Crippen LogP contribution is -2.39. The van der Waals surface area contributed by atoms with Gasteiger partial charge in [-0.1, -0.05) is 0 Å². The summed E-state index contributed by atoms with van der Waals surface area (Å²) < 4.78 is 5.57. The molecule has 0 bridgehead atoms. The van der Waals surface area contributed by atoms with E-state index in [2.05, 4.69) is 10.6 Å². The number of hydrogen-bond acceptors (Lipinski definition) is 3. The van der Waals surface area contributed by atoms with Gasteiger partial charge in [0.15, 0.2) is 0 Å². The zero-order chi connectivity index (χ0) is 11.8. The molecule has 2 unspecified atom stereocenters. The average Bonchev–Trinajstić information content (AvgIpc) is 2.96. The highest BCUT2D eigenvalue weighted by Crippen LogP contribution is 2.24. The molecule has 2 saturated heterocycles. The number of carbonyl (C=O) groups is 1. The fourth-order valence-electron chi connectivity index (χ4n) is 2.58. The van der Waals surface area contributed by atoms with Crippen molar-refractivity contribution in [2.75, 3.05) is 19.6 Å². The minimum atomic E-state index is -0.00296. The molecule has 92 valence electrons. The summed E-state index contributed by atoms with van der Waals surface area (Å²) in [5, 5.41) is 6.26. The molecule has 2 atom stereocenters. The van der Waals surface area contributed by atoms with Crippen molar-refractivity contribution in [3.8, 4) is 0 Å². The molecule has 2 N–H and O–H groups in total. The molecule has 2 aliphatic rings. The van der Waals surface area contributed by atoms with Crippen molar-refractivity contribution in [3.05, 3.63) is 23.7 Å². The van der Waals surface area contributed by atoms with Gasteiger partial charge in [0.05, 0.1) is 6.54 Å². The van der Waals surface area contributed by atoms with Crippen LogP contribution in [0.15, 0.2) is 16.5 Å². The lowest BCUT2D eigenvalue weighted by molar-refractivity contribution is 0.201. The van der Waals surface area contributed by atoms with Gasteiger partial charge in [-0.2, -0.15) is 0 Å². The molecule has 0 aromatic carbocycles. The molecule has 2 fully saturated rings. The molecule has 1 aromatic heterocycles. The first-order valence-corrected chi connectivity index (χ1v) is 6.08. The topological polar surface area (TPSA) is 57.5 Å². The zero-order valence-corrected chi connectivity index (χ0v) is 9.90. The van der Waals surface area contributed by atoms with Crippen molar-refractivity contribution in [1.82, 2.24) is 15.5 Å². The predicted molar refractivity (Wildman–Crippen MR) is 62.7 cm³/mol. The maximum atomic E-state index is 11.9. The lowest BCUT2D eigenvalue weighted by atomic mass is 10.2. The van der Waals surface area contributed by atoms with Crippen molar-refractivity contribution in [3.63, 3.8) is 0 Å². The van der Waals surface area contributed by atoms with E-state index in [0.717, 1.165) is 31.0 Å². The summed E-state index contributed by atoms with van der Waals surface area (Å²) in [5.74, 6) is 1.74. The Labute approximate surface area is 100 Å². The van der Waals surface area contributed by atoms with E-state index in [-0.39, 0.29) is 12.1 Å². The fraction of sp³-hybridized carbons (Fsp3) is 0.583. The van der Waals surface area contributed by atoms with Crippen LogP contribution in [0.4, 0.5) is 4.79 Å². The van der Waals surface area contributed by atoms with Gasteiger partial charge in [0.1, 0.15) is 17.6 Å². The molecule has 0 spiro atoms. The Morgan fingerprint density at radius 3 is 3.00 bits per heavy atom. The molecular weight excluding hydrogens is 218 g/mol. The average molecular weight is 235 g/mol. The Balaban J connectivity index is 1.72. The van der Waals surface area contributed by atoms with Gasteiger partial charge in [0, 0.05) is 12.6 Å². The van der Waals surface area contributed by atoms with E-state index in [9.17, 15) is 4.79 Å². The van der Waals surface area contributed by atoms with Crippen molar-refractivity contribution in [1.29, 1.82) is 0 Å². The molecule has 17 heavy (non-hydrogen) atoms. The van der Waals surface area contributed by atoms with Crippen LogP contribution in [-0.2, 0) is 0 Å². The number of furan rings is 1. The van der Waals surface area contributed by atoms with E-state index in [1.807, 2.05) is 24.0 Å². The number of nitrogens with one attached hydrogen (secondary N) is 2. The number of urea groups is 1. The van der Waals surface area contributed by atoms with Gasteiger partial charge in [-0.05, 0) is 32.0 Å². The first-order chi connectivity index (χ1) is 8.24. The van der Waals surface area contributed by atoms with Crippen LogP contribution in [0.25, 0.3) is 0 Å². The molecule has 3 rings (SSSR count). The van der Waals surface area contributed by atoms with Gasteiger partial charge >= 0.3 is 6.03 Å². The zero-order valence-electron chi connectivity index (χ0n) is 9.90. The molecule has 2 aliphatic heterocycles. The summed E-state index contributed by atoms with van der Waals surface area (Å²) in [6.07, 6.45) is 1.04. The second-order valence-corrected chi connectivity index (χ2v) is 4.75. The number of amides is 2. The maximum absolute atomic E-state index is 11.9. The van der Waals surface area contributed by atoms with Crippen molar-refractivity contribution >= 4 is 6.03 Å². The summed E-state index contributed by atoms with van der Waals surface area (Å²) in [7, 11) is 0. The highest BCUT2D eigenvalue weighted by Gasteiger charge is 2.36. The third-order valence-corrected chi connectivity index (χ3v) is 3.52. The van der Waals surface area contributed by atoms with E-state index in [0.29, 0.717) is 12.6 Å². The third-order valence-electron chi connectivity index (χ3n) is 3.52. The van der Waals surface area contributed by atoms with Crippen LogP contribution in [0.2, 0.25) is 0 Å². The van der Waals surface area contributed by atoms with E-state index < -0.39 is 0 Å². The number of hydrogen-bond donors (Lipinski definition) is 2. The van der Waals surface area contributed by atoms with Crippen molar-refractivity contribution in [2.24, 2.45) is 0 Å². The van der Waals surface area contributed by atoms with E-state index in [1.54, 1.807) is 0 Å². The van der Waals surface area contributed by atoms with Crippen LogP contribution in [-0.4, -0.2) is 36.6 Å². The van der Waals surface area contributed by atoms with Gasteiger partial charge in [0.2, 0.25) is 0 Å². The molecule has 3 heterocycles. The third kappa shape index (κ3) is 1.91. The Bertz CT molecular complexity index is 423. The molecule has 1 aromatic rings. The summed E-state index contributed by atoms with van der Waals surface area (Å²) >= 11 is 0. The fourth-order valence-corrected chi connectivity index (χ4v) is 2.58. The Morgan fingerprint density at radius 1 is 1.47 bits per heavy atom. The van der Waals surface area contributed by atoms with Gasteiger partial charge in [0.25, 0.3) is 0 Å². The van der Waals surface area contributed by atoms with Crippen LogP contribution < -0.4 is 10.6 Å². The normalized spacial score (nSPS) is 28.8. The monoisotopic (exact) mass is 235 g/mol. The smallest absolute Gasteiger partial charge is 0.318 e. The Hall–Kier alpha value is -1.49. The summed E-state index contributed by atoms with van der Waals surface area (Å²) in [6.45, 7) is 4.52. The minimum Gasteiger partial charge on any atom is -0.464 e.